The molecular weight excluding hydrogens is 154 g/mol. The average molecular weight is 165 g/mol. The molecule has 0 saturated carbocycles. The van der Waals surface area contributed by atoms with Gasteiger partial charge in [-0.25, -0.2) is 4.98 Å². The van der Waals surface area contributed by atoms with Gasteiger partial charge in [-0.3, -0.25) is 0 Å². The van der Waals surface area contributed by atoms with E-state index in [1.165, 1.54) is 0 Å². The van der Waals surface area contributed by atoms with Crippen LogP contribution in [0.15, 0.2) is 0 Å². The molecule has 0 saturated heterocycles. The highest BCUT2D eigenvalue weighted by Crippen LogP contribution is 2.16. The zero-order valence-corrected chi connectivity index (χ0v) is 6.82. The molecule has 0 aromatic carbocycles. The van der Waals surface area contributed by atoms with Gasteiger partial charge < -0.3 is 5.11 Å². The predicted molar refractivity (Wildman–Crippen MR) is 42.6 cm³/mol. The van der Waals surface area contributed by atoms with Crippen molar-refractivity contribution in [1.82, 2.24) is 15.2 Å². The SMILES string of the molecule is OCCc1nnc2c(n1)CCC2. The van der Waals surface area contributed by atoms with Gasteiger partial charge in [-0.05, 0) is 19.3 Å². The molecule has 1 N–H and O–H groups in total. The largest absolute Gasteiger partial charge is 0.396 e. The number of fused-ring (bicyclic) bond motifs is 1. The van der Waals surface area contributed by atoms with E-state index >= 15 is 0 Å². The normalized spacial score (nSPS) is 14.8. The minimum atomic E-state index is 0.0977. The Hall–Kier alpha value is -1.03. The molecule has 2 rings (SSSR count). The molecule has 0 fully saturated rings. The summed E-state index contributed by atoms with van der Waals surface area (Å²) in [7, 11) is 0. The van der Waals surface area contributed by atoms with Gasteiger partial charge in [0.1, 0.15) is 0 Å². The molecule has 0 bridgehead atoms. The first kappa shape index (κ1) is 7.61. The fourth-order valence-electron chi connectivity index (χ4n) is 1.44. The van der Waals surface area contributed by atoms with Crippen molar-refractivity contribution in [1.29, 1.82) is 0 Å². The summed E-state index contributed by atoms with van der Waals surface area (Å²) < 4.78 is 0. The van der Waals surface area contributed by atoms with Crippen molar-refractivity contribution in [3.63, 3.8) is 0 Å². The average Bonchev–Trinajstić information content (AvgIpc) is 2.51. The number of hydrogen-bond donors (Lipinski definition) is 1. The summed E-state index contributed by atoms with van der Waals surface area (Å²) in [5, 5.41) is 16.6. The lowest BCUT2D eigenvalue weighted by atomic mass is 10.3. The molecule has 0 atom stereocenters. The van der Waals surface area contributed by atoms with E-state index in [0.717, 1.165) is 30.7 Å². The topological polar surface area (TPSA) is 58.9 Å². The van der Waals surface area contributed by atoms with Crippen molar-refractivity contribution in [2.24, 2.45) is 0 Å². The Kier molecular flexibility index (Phi) is 1.99. The second-order valence-electron chi connectivity index (χ2n) is 2.95. The van der Waals surface area contributed by atoms with E-state index in [9.17, 15) is 0 Å². The number of rotatable bonds is 2. The Morgan fingerprint density at radius 2 is 2.00 bits per heavy atom. The van der Waals surface area contributed by atoms with Crippen LogP contribution in [0.25, 0.3) is 0 Å². The molecule has 4 heteroatoms. The van der Waals surface area contributed by atoms with Crippen LogP contribution >= 0.6 is 0 Å². The van der Waals surface area contributed by atoms with Gasteiger partial charge in [0.15, 0.2) is 5.82 Å². The molecule has 4 nitrogen and oxygen atoms in total. The maximum absolute atomic E-state index is 8.66. The third-order valence-corrected chi connectivity index (χ3v) is 2.05. The fourth-order valence-corrected chi connectivity index (χ4v) is 1.44. The molecule has 1 heterocycles. The van der Waals surface area contributed by atoms with Crippen molar-refractivity contribution in [2.45, 2.75) is 25.7 Å². The third-order valence-electron chi connectivity index (χ3n) is 2.05. The minimum Gasteiger partial charge on any atom is -0.396 e. The summed E-state index contributed by atoms with van der Waals surface area (Å²) in [6.07, 6.45) is 3.68. The number of nitrogens with zero attached hydrogens (tertiary/aromatic N) is 3. The van der Waals surface area contributed by atoms with Gasteiger partial charge in [0.25, 0.3) is 0 Å². The molecule has 0 amide bonds. The highest BCUT2D eigenvalue weighted by molar-refractivity contribution is 5.15. The molecule has 0 radical (unpaired) electrons. The van der Waals surface area contributed by atoms with Crippen LogP contribution in [0.4, 0.5) is 0 Å². The van der Waals surface area contributed by atoms with Crippen LogP contribution < -0.4 is 0 Å². The molecule has 0 spiro atoms. The lowest BCUT2D eigenvalue weighted by Crippen LogP contribution is -2.04. The van der Waals surface area contributed by atoms with Crippen LogP contribution in [0.3, 0.4) is 0 Å². The van der Waals surface area contributed by atoms with Crippen molar-refractivity contribution in [2.75, 3.05) is 6.61 Å². The van der Waals surface area contributed by atoms with Crippen molar-refractivity contribution in [3.05, 3.63) is 17.2 Å². The van der Waals surface area contributed by atoms with Crippen LogP contribution in [-0.4, -0.2) is 26.9 Å². The summed E-state index contributed by atoms with van der Waals surface area (Å²) in [6, 6.07) is 0. The van der Waals surface area contributed by atoms with Gasteiger partial charge in [-0.15, -0.1) is 5.10 Å². The van der Waals surface area contributed by atoms with E-state index in [4.69, 9.17) is 5.11 Å². The number of aliphatic hydroxyl groups is 1. The summed E-state index contributed by atoms with van der Waals surface area (Å²) >= 11 is 0. The molecule has 1 aliphatic rings. The number of aromatic nitrogens is 3. The monoisotopic (exact) mass is 165 g/mol. The first-order chi connectivity index (χ1) is 5.90. The highest BCUT2D eigenvalue weighted by Gasteiger charge is 2.14. The Morgan fingerprint density at radius 1 is 1.17 bits per heavy atom. The second-order valence-corrected chi connectivity index (χ2v) is 2.95. The fraction of sp³-hybridized carbons (Fsp3) is 0.625. The molecule has 0 unspecified atom stereocenters. The summed E-state index contributed by atoms with van der Waals surface area (Å²) in [5.74, 6) is 0.665. The lowest BCUT2D eigenvalue weighted by molar-refractivity contribution is 0.296. The maximum atomic E-state index is 8.66. The molecule has 64 valence electrons. The van der Waals surface area contributed by atoms with E-state index in [2.05, 4.69) is 15.2 Å². The zero-order valence-electron chi connectivity index (χ0n) is 6.82. The Labute approximate surface area is 70.7 Å². The van der Waals surface area contributed by atoms with Crippen LogP contribution in [0.2, 0.25) is 0 Å². The molecule has 12 heavy (non-hydrogen) atoms. The predicted octanol–water partition coefficient (Wildman–Crippen LogP) is -0.105. The van der Waals surface area contributed by atoms with Crippen molar-refractivity contribution < 1.29 is 5.11 Å². The van der Waals surface area contributed by atoms with Gasteiger partial charge in [0.05, 0.1) is 18.0 Å². The molecule has 1 aliphatic carbocycles. The molecular formula is C8H11N3O. The standard InChI is InChI=1S/C8H11N3O/c12-5-4-8-9-6-2-1-3-7(6)10-11-8/h12H,1-5H2. The van der Waals surface area contributed by atoms with E-state index in [-0.39, 0.29) is 6.61 Å². The molecule has 0 aliphatic heterocycles. The first-order valence-corrected chi connectivity index (χ1v) is 4.22. The Bertz CT molecular complexity index is 288. The Morgan fingerprint density at radius 3 is 2.83 bits per heavy atom. The number of aryl methyl sites for hydroxylation is 2. The van der Waals surface area contributed by atoms with Crippen LogP contribution in [0.1, 0.15) is 23.6 Å². The van der Waals surface area contributed by atoms with Gasteiger partial charge in [-0.1, -0.05) is 0 Å². The van der Waals surface area contributed by atoms with Crippen LogP contribution in [0, 0.1) is 0 Å². The number of aliphatic hydroxyl groups excluding tert-OH is 1. The molecule has 1 aromatic rings. The lowest BCUT2D eigenvalue weighted by Gasteiger charge is -1.98. The number of hydrogen-bond acceptors (Lipinski definition) is 4. The van der Waals surface area contributed by atoms with E-state index in [1.807, 2.05) is 0 Å². The van der Waals surface area contributed by atoms with Crippen molar-refractivity contribution >= 4 is 0 Å². The van der Waals surface area contributed by atoms with E-state index in [0.29, 0.717) is 12.2 Å². The summed E-state index contributed by atoms with van der Waals surface area (Å²) in [5.41, 5.74) is 2.12. The van der Waals surface area contributed by atoms with Crippen molar-refractivity contribution in [3.8, 4) is 0 Å². The quantitative estimate of drug-likeness (QED) is 0.664. The van der Waals surface area contributed by atoms with Gasteiger partial charge in [-0.2, -0.15) is 5.10 Å². The maximum Gasteiger partial charge on any atom is 0.153 e. The van der Waals surface area contributed by atoms with E-state index in [1.54, 1.807) is 0 Å². The van der Waals surface area contributed by atoms with Gasteiger partial charge in [0.2, 0.25) is 0 Å². The smallest absolute Gasteiger partial charge is 0.153 e. The molecule has 1 aromatic heterocycles. The van der Waals surface area contributed by atoms with Gasteiger partial charge in [0, 0.05) is 6.42 Å². The zero-order chi connectivity index (χ0) is 8.39. The summed E-state index contributed by atoms with van der Waals surface area (Å²) in [6.45, 7) is 0.0977. The van der Waals surface area contributed by atoms with Gasteiger partial charge >= 0.3 is 0 Å². The Balaban J connectivity index is 2.26. The summed E-state index contributed by atoms with van der Waals surface area (Å²) in [4.78, 5) is 4.31. The van der Waals surface area contributed by atoms with Crippen LogP contribution in [-0.2, 0) is 19.3 Å². The third kappa shape index (κ3) is 1.30. The minimum absolute atomic E-state index is 0.0977. The highest BCUT2D eigenvalue weighted by atomic mass is 16.3. The van der Waals surface area contributed by atoms with Crippen LogP contribution in [0.5, 0.6) is 0 Å². The van der Waals surface area contributed by atoms with E-state index < -0.39 is 0 Å². The second kappa shape index (κ2) is 3.15. The first-order valence-electron chi connectivity index (χ1n) is 4.22.